The van der Waals surface area contributed by atoms with Crippen LogP contribution in [0.3, 0.4) is 0 Å². The minimum Gasteiger partial charge on any atom is -0.384 e. The van der Waals surface area contributed by atoms with Crippen LogP contribution in [0.5, 0.6) is 0 Å². The van der Waals surface area contributed by atoms with Crippen LogP contribution in [0, 0.1) is 31.6 Å². The number of nitrogens with one attached hydrogen (secondary N) is 1. The van der Waals surface area contributed by atoms with Crippen molar-refractivity contribution in [2.75, 3.05) is 25.4 Å². The van der Waals surface area contributed by atoms with E-state index < -0.39 is 0 Å². The summed E-state index contributed by atoms with van der Waals surface area (Å²) < 4.78 is 1.77. The van der Waals surface area contributed by atoms with Gasteiger partial charge in [-0.2, -0.15) is 5.10 Å². The van der Waals surface area contributed by atoms with Crippen molar-refractivity contribution in [3.63, 3.8) is 0 Å². The Kier molecular flexibility index (Phi) is 5.32. The fourth-order valence-corrected chi connectivity index (χ4v) is 4.59. The Morgan fingerprint density at radius 1 is 1.27 bits per heavy atom. The number of hydrogen-bond acceptors (Lipinski definition) is 5. The molecule has 8 heteroatoms. The van der Waals surface area contributed by atoms with Gasteiger partial charge in [-0.1, -0.05) is 0 Å². The van der Waals surface area contributed by atoms with Crippen molar-refractivity contribution in [3.05, 3.63) is 46.9 Å². The molecule has 0 aromatic carbocycles. The lowest BCUT2D eigenvalue weighted by atomic mass is 10.1. The molecule has 0 unspecified atom stereocenters. The van der Waals surface area contributed by atoms with Crippen LogP contribution in [-0.4, -0.2) is 51.1 Å². The predicted octanol–water partition coefficient (Wildman–Crippen LogP) is 1.55. The zero-order chi connectivity index (χ0) is 21.4. The van der Waals surface area contributed by atoms with Crippen molar-refractivity contribution in [3.8, 4) is 0 Å². The SMILES string of the molecule is Cc1nn(C)c(C)c1C(=O)N1C[C@@H]2[C@@H](CCNC(=O)/C=C/c3ccc(N)nc3)[C@@H]2C1. The van der Waals surface area contributed by atoms with Crippen LogP contribution in [0.25, 0.3) is 6.08 Å². The predicted molar refractivity (Wildman–Crippen MR) is 114 cm³/mol. The van der Waals surface area contributed by atoms with Crippen molar-refractivity contribution in [2.45, 2.75) is 20.3 Å². The summed E-state index contributed by atoms with van der Waals surface area (Å²) in [4.78, 5) is 30.8. The van der Waals surface area contributed by atoms with E-state index in [0.29, 0.717) is 30.1 Å². The Hall–Kier alpha value is -3.16. The van der Waals surface area contributed by atoms with Crippen LogP contribution in [0.2, 0.25) is 0 Å². The summed E-state index contributed by atoms with van der Waals surface area (Å²) >= 11 is 0. The molecule has 2 amide bonds. The molecule has 0 bridgehead atoms. The maximum absolute atomic E-state index is 12.9. The normalized spacial score (nSPS) is 22.4. The molecule has 3 N–H and O–H groups in total. The van der Waals surface area contributed by atoms with Gasteiger partial charge >= 0.3 is 0 Å². The molecule has 1 aliphatic heterocycles. The molecule has 1 aliphatic carbocycles. The molecule has 30 heavy (non-hydrogen) atoms. The van der Waals surface area contributed by atoms with Crippen molar-refractivity contribution >= 4 is 23.7 Å². The molecule has 8 nitrogen and oxygen atoms in total. The Bertz CT molecular complexity index is 982. The summed E-state index contributed by atoms with van der Waals surface area (Å²) in [5.74, 6) is 2.14. The molecule has 158 valence electrons. The quantitative estimate of drug-likeness (QED) is 0.706. The topological polar surface area (TPSA) is 106 Å². The van der Waals surface area contributed by atoms with E-state index in [1.165, 1.54) is 6.08 Å². The largest absolute Gasteiger partial charge is 0.384 e. The zero-order valence-corrected chi connectivity index (χ0v) is 17.6. The highest BCUT2D eigenvalue weighted by Crippen LogP contribution is 2.53. The number of amides is 2. The Morgan fingerprint density at radius 2 is 2.00 bits per heavy atom. The van der Waals surface area contributed by atoms with Gasteiger partial charge in [-0.3, -0.25) is 14.3 Å². The van der Waals surface area contributed by atoms with E-state index in [1.807, 2.05) is 31.9 Å². The maximum atomic E-state index is 12.9. The molecule has 0 spiro atoms. The standard InChI is InChI=1S/C22H28N6O2/c1-13-21(14(2)27(3)26-13)22(30)28-11-17-16(18(17)12-28)8-9-24-20(29)7-5-15-4-6-19(23)25-10-15/h4-7,10,16-18H,8-9,11-12H2,1-3H3,(H2,23,25)(H,24,29)/b7-5+/t16-,17-,18+. The summed E-state index contributed by atoms with van der Waals surface area (Å²) in [7, 11) is 1.87. The van der Waals surface area contributed by atoms with Crippen molar-refractivity contribution < 1.29 is 9.59 Å². The van der Waals surface area contributed by atoms with Gasteiger partial charge in [-0.05, 0) is 61.8 Å². The highest BCUT2D eigenvalue weighted by Gasteiger charge is 2.56. The second-order valence-corrected chi connectivity index (χ2v) is 8.30. The van der Waals surface area contributed by atoms with Crippen LogP contribution >= 0.6 is 0 Å². The first-order valence-electron chi connectivity index (χ1n) is 10.3. The highest BCUT2D eigenvalue weighted by atomic mass is 16.2. The van der Waals surface area contributed by atoms with Gasteiger partial charge in [-0.25, -0.2) is 4.98 Å². The van der Waals surface area contributed by atoms with Crippen LogP contribution in [0.15, 0.2) is 24.4 Å². The number of nitrogens with two attached hydrogens (primary N) is 1. The molecule has 3 atom stereocenters. The van der Waals surface area contributed by atoms with Gasteiger partial charge in [0.2, 0.25) is 5.91 Å². The highest BCUT2D eigenvalue weighted by molar-refractivity contribution is 5.96. The number of aromatic nitrogens is 3. The van der Waals surface area contributed by atoms with Gasteiger partial charge in [0.1, 0.15) is 5.82 Å². The Morgan fingerprint density at radius 3 is 2.60 bits per heavy atom. The minimum absolute atomic E-state index is 0.0969. The number of piperidine rings is 1. The first kappa shape index (κ1) is 20.1. The summed E-state index contributed by atoms with van der Waals surface area (Å²) in [6.07, 6.45) is 5.82. The number of hydrogen-bond donors (Lipinski definition) is 2. The summed E-state index contributed by atoms with van der Waals surface area (Å²) in [6, 6.07) is 3.52. The first-order valence-corrected chi connectivity index (χ1v) is 10.3. The van der Waals surface area contributed by atoms with Gasteiger partial charge in [0.15, 0.2) is 0 Å². The molecule has 2 fully saturated rings. The lowest BCUT2D eigenvalue weighted by Crippen LogP contribution is -2.32. The Labute approximate surface area is 176 Å². The smallest absolute Gasteiger partial charge is 0.257 e. The average molecular weight is 409 g/mol. The molecule has 2 aromatic heterocycles. The lowest BCUT2D eigenvalue weighted by molar-refractivity contribution is -0.116. The lowest BCUT2D eigenvalue weighted by Gasteiger charge is -2.20. The number of nitrogen functional groups attached to an aromatic ring is 1. The molecule has 1 saturated heterocycles. The van der Waals surface area contributed by atoms with Crippen molar-refractivity contribution in [1.29, 1.82) is 0 Å². The monoisotopic (exact) mass is 408 g/mol. The van der Waals surface area contributed by atoms with Gasteiger partial charge in [0, 0.05) is 44.6 Å². The zero-order valence-electron chi connectivity index (χ0n) is 17.6. The molecular formula is C22H28N6O2. The van der Waals surface area contributed by atoms with Crippen LogP contribution in [0.4, 0.5) is 5.82 Å². The third-order valence-corrected chi connectivity index (χ3v) is 6.39. The van der Waals surface area contributed by atoms with Crippen LogP contribution < -0.4 is 11.1 Å². The molecule has 4 rings (SSSR count). The van der Waals surface area contributed by atoms with Crippen LogP contribution in [0.1, 0.15) is 33.7 Å². The third kappa shape index (κ3) is 3.94. The van der Waals surface area contributed by atoms with Gasteiger partial charge in [-0.15, -0.1) is 0 Å². The summed E-state index contributed by atoms with van der Waals surface area (Å²) in [5.41, 5.74) is 8.84. The number of pyridine rings is 1. The van der Waals surface area contributed by atoms with E-state index in [2.05, 4.69) is 15.4 Å². The number of anilines is 1. The van der Waals surface area contributed by atoms with E-state index in [9.17, 15) is 9.59 Å². The number of nitrogens with zero attached hydrogens (tertiary/aromatic N) is 4. The van der Waals surface area contributed by atoms with E-state index >= 15 is 0 Å². The minimum atomic E-state index is -0.114. The fourth-order valence-electron chi connectivity index (χ4n) is 4.59. The number of likely N-dealkylation sites (tertiary alicyclic amines) is 1. The number of fused-ring (bicyclic) bond motifs is 1. The molecule has 0 radical (unpaired) electrons. The molecule has 1 saturated carbocycles. The number of rotatable bonds is 6. The van der Waals surface area contributed by atoms with Crippen molar-refractivity contribution in [1.82, 2.24) is 25.0 Å². The Balaban J connectivity index is 1.20. The van der Waals surface area contributed by atoms with E-state index in [-0.39, 0.29) is 11.8 Å². The van der Waals surface area contributed by atoms with Gasteiger partial charge in [0.05, 0.1) is 11.3 Å². The average Bonchev–Trinajstić information content (AvgIpc) is 3.04. The van der Waals surface area contributed by atoms with E-state index in [0.717, 1.165) is 42.0 Å². The van der Waals surface area contributed by atoms with Crippen LogP contribution in [-0.2, 0) is 11.8 Å². The number of carbonyl (C=O) groups is 2. The van der Waals surface area contributed by atoms with Gasteiger partial charge in [0.25, 0.3) is 5.91 Å². The summed E-state index contributed by atoms with van der Waals surface area (Å²) in [6.45, 7) is 6.09. The van der Waals surface area contributed by atoms with E-state index in [4.69, 9.17) is 5.73 Å². The molecule has 2 aromatic rings. The van der Waals surface area contributed by atoms with E-state index in [1.54, 1.807) is 23.0 Å². The van der Waals surface area contributed by atoms with Crippen molar-refractivity contribution in [2.24, 2.45) is 24.8 Å². The first-order chi connectivity index (χ1) is 14.3. The molecule has 2 aliphatic rings. The number of aryl methyl sites for hydroxylation is 2. The third-order valence-electron chi connectivity index (χ3n) is 6.39. The summed E-state index contributed by atoms with van der Waals surface area (Å²) in [5, 5.41) is 7.30. The maximum Gasteiger partial charge on any atom is 0.257 e. The second kappa shape index (κ2) is 7.93. The molecule has 3 heterocycles. The number of carbonyl (C=O) groups excluding carboxylic acids is 2. The van der Waals surface area contributed by atoms with Gasteiger partial charge < -0.3 is 16.0 Å². The fraction of sp³-hybridized carbons (Fsp3) is 0.455. The molecular weight excluding hydrogens is 380 g/mol. The second-order valence-electron chi connectivity index (χ2n) is 8.30.